The van der Waals surface area contributed by atoms with Gasteiger partial charge < -0.3 is 24.8 Å². The van der Waals surface area contributed by atoms with E-state index in [-0.39, 0.29) is 23.5 Å². The van der Waals surface area contributed by atoms with Crippen molar-refractivity contribution >= 4 is 0 Å². The van der Waals surface area contributed by atoms with Crippen LogP contribution in [0, 0.1) is 0 Å². The smallest absolute Gasteiger partial charge is 0.138 e. The van der Waals surface area contributed by atoms with Gasteiger partial charge in [-0.1, -0.05) is 6.07 Å². The standard InChI is InChI=1S/C20H22O5/c1-20(2,23)8-7-13-16(22)6-5-12-15-10-24-17-9-11(21)3-4-14(17)19(15)25-18(12)13/h3-6,9,15,19,21-23H,7-8,10H2,1-2H3/t15-,19+/m1/s1. The lowest BCUT2D eigenvalue weighted by Gasteiger charge is -2.27. The molecule has 2 aromatic rings. The molecule has 0 aromatic heterocycles. The van der Waals surface area contributed by atoms with Crippen LogP contribution >= 0.6 is 0 Å². The van der Waals surface area contributed by atoms with E-state index in [0.29, 0.717) is 30.9 Å². The predicted octanol–water partition coefficient (Wildman–Crippen LogP) is 3.41. The van der Waals surface area contributed by atoms with Gasteiger partial charge in [0.2, 0.25) is 0 Å². The van der Waals surface area contributed by atoms with E-state index in [1.807, 2.05) is 12.1 Å². The van der Waals surface area contributed by atoms with Crippen molar-refractivity contribution < 1.29 is 24.8 Å². The summed E-state index contributed by atoms with van der Waals surface area (Å²) in [7, 11) is 0. The van der Waals surface area contributed by atoms with Gasteiger partial charge in [-0.2, -0.15) is 0 Å². The van der Waals surface area contributed by atoms with Crippen LogP contribution in [0.2, 0.25) is 0 Å². The number of fused-ring (bicyclic) bond motifs is 5. The molecule has 2 aliphatic rings. The number of hydrogen-bond donors (Lipinski definition) is 3. The summed E-state index contributed by atoms with van der Waals surface area (Å²) in [5.74, 6) is 1.73. The molecule has 4 rings (SSSR count). The van der Waals surface area contributed by atoms with Gasteiger partial charge in [0, 0.05) is 22.8 Å². The molecule has 0 saturated heterocycles. The van der Waals surface area contributed by atoms with Crippen molar-refractivity contribution in [3.63, 3.8) is 0 Å². The van der Waals surface area contributed by atoms with Crippen LogP contribution in [0.4, 0.5) is 0 Å². The van der Waals surface area contributed by atoms with E-state index < -0.39 is 5.60 Å². The Kier molecular flexibility index (Phi) is 3.58. The highest BCUT2D eigenvalue weighted by atomic mass is 16.5. The summed E-state index contributed by atoms with van der Waals surface area (Å²) in [5, 5.41) is 30.0. The van der Waals surface area contributed by atoms with E-state index in [0.717, 1.165) is 16.7 Å². The lowest BCUT2D eigenvalue weighted by atomic mass is 9.88. The first-order valence-electron chi connectivity index (χ1n) is 8.53. The Hall–Kier alpha value is -2.40. The Balaban J connectivity index is 1.71. The highest BCUT2D eigenvalue weighted by Gasteiger charge is 2.42. The number of rotatable bonds is 3. The molecular weight excluding hydrogens is 320 g/mol. The summed E-state index contributed by atoms with van der Waals surface area (Å²) in [6.07, 6.45) is 0.861. The number of benzene rings is 2. The van der Waals surface area contributed by atoms with Crippen molar-refractivity contribution in [1.29, 1.82) is 0 Å². The molecule has 0 spiro atoms. The Morgan fingerprint density at radius 3 is 2.64 bits per heavy atom. The number of phenols is 2. The molecule has 0 fully saturated rings. The van der Waals surface area contributed by atoms with E-state index in [1.165, 1.54) is 0 Å². The summed E-state index contributed by atoms with van der Waals surface area (Å²) in [4.78, 5) is 0. The number of aromatic hydroxyl groups is 2. The molecule has 2 aliphatic heterocycles. The minimum Gasteiger partial charge on any atom is -0.508 e. The zero-order chi connectivity index (χ0) is 17.8. The topological polar surface area (TPSA) is 79.2 Å². The Labute approximate surface area is 146 Å². The maximum absolute atomic E-state index is 10.3. The first-order valence-corrected chi connectivity index (χ1v) is 8.53. The summed E-state index contributed by atoms with van der Waals surface area (Å²) < 4.78 is 12.1. The van der Waals surface area contributed by atoms with E-state index in [4.69, 9.17) is 9.47 Å². The molecule has 132 valence electrons. The van der Waals surface area contributed by atoms with Gasteiger partial charge in [0.05, 0.1) is 18.1 Å². The van der Waals surface area contributed by atoms with Gasteiger partial charge in [0.25, 0.3) is 0 Å². The summed E-state index contributed by atoms with van der Waals surface area (Å²) >= 11 is 0. The van der Waals surface area contributed by atoms with E-state index in [2.05, 4.69) is 0 Å². The highest BCUT2D eigenvalue weighted by molar-refractivity contribution is 5.57. The Morgan fingerprint density at radius 2 is 1.88 bits per heavy atom. The fourth-order valence-electron chi connectivity index (χ4n) is 3.63. The van der Waals surface area contributed by atoms with Gasteiger partial charge in [-0.3, -0.25) is 0 Å². The molecule has 2 heterocycles. The first-order chi connectivity index (χ1) is 11.8. The zero-order valence-corrected chi connectivity index (χ0v) is 14.3. The molecule has 5 nitrogen and oxygen atoms in total. The largest absolute Gasteiger partial charge is 0.508 e. The maximum atomic E-state index is 10.3. The van der Waals surface area contributed by atoms with Crippen LogP contribution in [0.3, 0.4) is 0 Å². The monoisotopic (exact) mass is 342 g/mol. The Bertz CT molecular complexity index is 822. The highest BCUT2D eigenvalue weighted by Crippen LogP contribution is 2.54. The fourth-order valence-corrected chi connectivity index (χ4v) is 3.63. The van der Waals surface area contributed by atoms with Gasteiger partial charge >= 0.3 is 0 Å². The lowest BCUT2D eigenvalue weighted by molar-refractivity contribution is 0.0709. The van der Waals surface area contributed by atoms with Crippen LogP contribution in [0.1, 0.15) is 49.0 Å². The van der Waals surface area contributed by atoms with Crippen molar-refractivity contribution in [3.8, 4) is 23.0 Å². The summed E-state index contributed by atoms with van der Waals surface area (Å²) in [5.41, 5.74) is 1.84. The molecular formula is C20H22O5. The lowest BCUT2D eigenvalue weighted by Crippen LogP contribution is -2.23. The molecule has 0 unspecified atom stereocenters. The van der Waals surface area contributed by atoms with Crippen LogP contribution in [-0.2, 0) is 6.42 Å². The molecule has 0 aliphatic carbocycles. The van der Waals surface area contributed by atoms with Crippen LogP contribution in [0.5, 0.6) is 23.0 Å². The zero-order valence-electron chi connectivity index (χ0n) is 14.3. The molecule has 2 atom stereocenters. The molecule has 0 saturated carbocycles. The van der Waals surface area contributed by atoms with Gasteiger partial charge in [0.1, 0.15) is 29.1 Å². The number of aliphatic hydroxyl groups is 1. The van der Waals surface area contributed by atoms with Gasteiger partial charge in [-0.15, -0.1) is 0 Å². The molecule has 0 radical (unpaired) electrons. The second-order valence-corrected chi connectivity index (χ2v) is 7.47. The average Bonchev–Trinajstić information content (AvgIpc) is 2.91. The predicted molar refractivity (Wildman–Crippen MR) is 92.4 cm³/mol. The minimum atomic E-state index is -0.812. The van der Waals surface area contributed by atoms with Crippen molar-refractivity contribution in [2.75, 3.05) is 6.61 Å². The van der Waals surface area contributed by atoms with Crippen LogP contribution < -0.4 is 9.47 Å². The number of phenolic OH excluding ortho intramolecular Hbond substituents is 2. The third-order valence-electron chi connectivity index (χ3n) is 4.98. The summed E-state index contributed by atoms with van der Waals surface area (Å²) in [6, 6.07) is 8.63. The molecule has 25 heavy (non-hydrogen) atoms. The van der Waals surface area contributed by atoms with Crippen LogP contribution in [-0.4, -0.2) is 27.5 Å². The van der Waals surface area contributed by atoms with Gasteiger partial charge in [-0.25, -0.2) is 0 Å². The van der Waals surface area contributed by atoms with E-state index in [9.17, 15) is 15.3 Å². The van der Waals surface area contributed by atoms with Crippen molar-refractivity contribution in [2.24, 2.45) is 0 Å². The minimum absolute atomic E-state index is 0.0496. The molecule has 3 N–H and O–H groups in total. The maximum Gasteiger partial charge on any atom is 0.138 e. The third-order valence-corrected chi connectivity index (χ3v) is 4.98. The van der Waals surface area contributed by atoms with Crippen molar-refractivity contribution in [2.45, 2.75) is 44.3 Å². The second-order valence-electron chi connectivity index (χ2n) is 7.47. The Morgan fingerprint density at radius 1 is 1.12 bits per heavy atom. The van der Waals surface area contributed by atoms with E-state index in [1.54, 1.807) is 32.0 Å². The number of hydrogen-bond acceptors (Lipinski definition) is 5. The van der Waals surface area contributed by atoms with Crippen molar-refractivity contribution in [3.05, 3.63) is 47.0 Å². The first kappa shape index (κ1) is 16.1. The summed E-state index contributed by atoms with van der Waals surface area (Å²) in [6.45, 7) is 3.97. The molecule has 5 heteroatoms. The average molecular weight is 342 g/mol. The van der Waals surface area contributed by atoms with Crippen molar-refractivity contribution in [1.82, 2.24) is 0 Å². The SMILES string of the molecule is CC(C)(O)CCc1c(O)ccc2c1O[C@H]1c3ccc(O)cc3OC[C@H]21. The van der Waals surface area contributed by atoms with E-state index >= 15 is 0 Å². The molecule has 2 aromatic carbocycles. The van der Waals surface area contributed by atoms with Crippen LogP contribution in [0.25, 0.3) is 0 Å². The van der Waals surface area contributed by atoms with Gasteiger partial charge in [0.15, 0.2) is 0 Å². The quantitative estimate of drug-likeness (QED) is 0.797. The fraction of sp³-hybridized carbons (Fsp3) is 0.400. The molecule has 0 amide bonds. The second kappa shape index (κ2) is 5.56. The normalized spacial score (nSPS) is 20.9. The number of ether oxygens (including phenoxy) is 2. The third kappa shape index (κ3) is 2.78. The van der Waals surface area contributed by atoms with Crippen LogP contribution in [0.15, 0.2) is 30.3 Å². The van der Waals surface area contributed by atoms with Gasteiger partial charge in [-0.05, 0) is 44.9 Å². The molecule has 0 bridgehead atoms.